The lowest BCUT2D eigenvalue weighted by atomic mass is 9.91. The highest BCUT2D eigenvalue weighted by Gasteiger charge is 2.27. The fourth-order valence-corrected chi connectivity index (χ4v) is 1.78. The van der Waals surface area contributed by atoms with E-state index in [-0.39, 0.29) is 36.3 Å². The molecule has 0 aromatic heterocycles. The summed E-state index contributed by atoms with van der Waals surface area (Å²) in [6.45, 7) is 7.64. The van der Waals surface area contributed by atoms with E-state index in [2.05, 4.69) is 19.2 Å². The van der Waals surface area contributed by atoms with Gasteiger partial charge in [0, 0.05) is 19.3 Å². The number of amides is 1. The topological polar surface area (TPSA) is 64.4 Å². The molecule has 0 aromatic rings. The molecule has 0 aliphatic carbocycles. The smallest absolute Gasteiger partial charge is 0.237 e. The van der Waals surface area contributed by atoms with Gasteiger partial charge < -0.3 is 15.8 Å². The maximum atomic E-state index is 11.9. The van der Waals surface area contributed by atoms with Crippen LogP contribution in [0.1, 0.15) is 33.6 Å². The summed E-state index contributed by atoms with van der Waals surface area (Å²) in [4.78, 5) is 11.9. The van der Waals surface area contributed by atoms with Crippen molar-refractivity contribution in [3.8, 4) is 0 Å². The van der Waals surface area contributed by atoms with E-state index in [0.29, 0.717) is 5.92 Å². The average molecular weight is 265 g/mol. The van der Waals surface area contributed by atoms with E-state index in [9.17, 15) is 4.79 Å². The van der Waals surface area contributed by atoms with Gasteiger partial charge in [0.05, 0.1) is 6.04 Å². The van der Waals surface area contributed by atoms with Gasteiger partial charge in [0.2, 0.25) is 5.91 Å². The zero-order valence-corrected chi connectivity index (χ0v) is 11.8. The van der Waals surface area contributed by atoms with Crippen molar-refractivity contribution in [3.05, 3.63) is 0 Å². The normalized spacial score (nSPS) is 20.5. The maximum absolute atomic E-state index is 11.9. The van der Waals surface area contributed by atoms with Crippen molar-refractivity contribution in [3.63, 3.8) is 0 Å². The molecule has 0 radical (unpaired) electrons. The molecule has 102 valence electrons. The molecular weight excluding hydrogens is 240 g/mol. The zero-order valence-electron chi connectivity index (χ0n) is 10.9. The summed E-state index contributed by atoms with van der Waals surface area (Å²) < 4.78 is 5.26. The molecule has 17 heavy (non-hydrogen) atoms. The van der Waals surface area contributed by atoms with E-state index in [1.54, 1.807) is 0 Å². The molecule has 4 nitrogen and oxygen atoms in total. The second-order valence-electron chi connectivity index (χ2n) is 5.02. The number of halogens is 1. The van der Waals surface area contributed by atoms with Gasteiger partial charge in [-0.15, -0.1) is 12.4 Å². The molecular formula is C12H25ClN2O2. The summed E-state index contributed by atoms with van der Waals surface area (Å²) in [5.74, 6) is 0.687. The van der Waals surface area contributed by atoms with Crippen LogP contribution in [-0.4, -0.2) is 31.2 Å². The Labute approximate surface area is 110 Å². The van der Waals surface area contributed by atoms with Gasteiger partial charge in [-0.05, 0) is 31.6 Å². The molecule has 2 atom stereocenters. The monoisotopic (exact) mass is 264 g/mol. The molecule has 1 aliphatic heterocycles. The molecule has 5 heteroatoms. The molecule has 1 rings (SSSR count). The molecule has 0 aromatic carbocycles. The van der Waals surface area contributed by atoms with Gasteiger partial charge in [-0.25, -0.2) is 0 Å². The summed E-state index contributed by atoms with van der Waals surface area (Å²) in [5.41, 5.74) is 5.97. The number of carbonyl (C=O) groups excluding carboxylic acids is 1. The third-order valence-electron chi connectivity index (χ3n) is 3.45. The van der Waals surface area contributed by atoms with Gasteiger partial charge in [-0.2, -0.15) is 0 Å². The van der Waals surface area contributed by atoms with Crippen LogP contribution in [0.15, 0.2) is 0 Å². The van der Waals surface area contributed by atoms with Crippen LogP contribution in [0.25, 0.3) is 0 Å². The second kappa shape index (κ2) is 7.90. The van der Waals surface area contributed by atoms with E-state index >= 15 is 0 Å². The molecule has 1 amide bonds. The third-order valence-corrected chi connectivity index (χ3v) is 3.45. The minimum atomic E-state index is -0.384. The van der Waals surface area contributed by atoms with Gasteiger partial charge in [0.1, 0.15) is 0 Å². The first-order valence-electron chi connectivity index (χ1n) is 6.16. The molecule has 1 fully saturated rings. The van der Waals surface area contributed by atoms with Crippen LogP contribution in [-0.2, 0) is 9.53 Å². The Hall–Kier alpha value is -0.320. The van der Waals surface area contributed by atoms with Gasteiger partial charge in [-0.1, -0.05) is 13.8 Å². The highest BCUT2D eigenvalue weighted by molar-refractivity contribution is 5.85. The van der Waals surface area contributed by atoms with Gasteiger partial charge >= 0.3 is 0 Å². The summed E-state index contributed by atoms with van der Waals surface area (Å²) >= 11 is 0. The number of rotatable bonds is 4. The Kier molecular flexibility index (Phi) is 7.75. The van der Waals surface area contributed by atoms with Crippen molar-refractivity contribution in [2.75, 3.05) is 13.2 Å². The van der Waals surface area contributed by atoms with Crippen LogP contribution in [0.2, 0.25) is 0 Å². The predicted molar refractivity (Wildman–Crippen MR) is 71.2 cm³/mol. The van der Waals surface area contributed by atoms with Gasteiger partial charge in [-0.3, -0.25) is 4.79 Å². The lowest BCUT2D eigenvalue weighted by molar-refractivity contribution is -0.125. The van der Waals surface area contributed by atoms with Gasteiger partial charge in [0.25, 0.3) is 0 Å². The van der Waals surface area contributed by atoms with Gasteiger partial charge in [0.15, 0.2) is 0 Å². The predicted octanol–water partition coefficient (Wildman–Crippen LogP) is 1.32. The Bertz CT molecular complexity index is 231. The SMILES string of the molecule is CC(C)C(C)NC(=O)C(N)C1CCOCC1.Cl. The maximum Gasteiger partial charge on any atom is 0.237 e. The molecule has 0 bridgehead atoms. The number of nitrogens with two attached hydrogens (primary N) is 1. The zero-order chi connectivity index (χ0) is 12.1. The van der Waals surface area contributed by atoms with Crippen molar-refractivity contribution >= 4 is 18.3 Å². The van der Waals surface area contributed by atoms with Crippen molar-refractivity contribution < 1.29 is 9.53 Å². The van der Waals surface area contributed by atoms with Crippen molar-refractivity contribution in [2.24, 2.45) is 17.6 Å². The van der Waals surface area contributed by atoms with E-state index < -0.39 is 0 Å². The molecule has 0 spiro atoms. The van der Waals surface area contributed by atoms with Crippen LogP contribution < -0.4 is 11.1 Å². The third kappa shape index (κ3) is 5.23. The quantitative estimate of drug-likeness (QED) is 0.805. The average Bonchev–Trinajstić information content (AvgIpc) is 2.28. The Morgan fingerprint density at radius 2 is 1.82 bits per heavy atom. The summed E-state index contributed by atoms with van der Waals surface area (Å²) in [7, 11) is 0. The fourth-order valence-electron chi connectivity index (χ4n) is 1.78. The van der Waals surface area contributed by atoms with Crippen LogP contribution >= 0.6 is 12.4 Å². The highest BCUT2D eigenvalue weighted by atomic mass is 35.5. The van der Waals surface area contributed by atoms with E-state index in [0.717, 1.165) is 26.1 Å². The number of hydrogen-bond donors (Lipinski definition) is 2. The number of hydrogen-bond acceptors (Lipinski definition) is 3. The fraction of sp³-hybridized carbons (Fsp3) is 0.917. The molecule has 1 saturated heterocycles. The van der Waals surface area contributed by atoms with E-state index in [4.69, 9.17) is 10.5 Å². The van der Waals surface area contributed by atoms with Crippen molar-refractivity contribution in [1.29, 1.82) is 0 Å². The molecule has 0 saturated carbocycles. The Balaban J connectivity index is 0.00000256. The van der Waals surface area contributed by atoms with E-state index in [1.807, 2.05) is 6.92 Å². The van der Waals surface area contributed by atoms with E-state index in [1.165, 1.54) is 0 Å². The Morgan fingerprint density at radius 3 is 2.29 bits per heavy atom. The number of carbonyl (C=O) groups is 1. The number of ether oxygens (including phenoxy) is 1. The Morgan fingerprint density at radius 1 is 1.29 bits per heavy atom. The largest absolute Gasteiger partial charge is 0.381 e. The molecule has 2 unspecified atom stereocenters. The first-order valence-corrected chi connectivity index (χ1v) is 6.16. The first kappa shape index (κ1) is 16.7. The molecule has 1 aliphatic rings. The molecule has 1 heterocycles. The van der Waals surface area contributed by atoms with Crippen LogP contribution in [0.3, 0.4) is 0 Å². The summed E-state index contributed by atoms with van der Waals surface area (Å²) in [5, 5.41) is 2.97. The minimum Gasteiger partial charge on any atom is -0.381 e. The van der Waals surface area contributed by atoms with Crippen molar-refractivity contribution in [1.82, 2.24) is 5.32 Å². The first-order chi connectivity index (χ1) is 7.52. The molecule has 3 N–H and O–H groups in total. The summed E-state index contributed by atoms with van der Waals surface area (Å²) in [6, 6.07) is -0.205. The van der Waals surface area contributed by atoms with Crippen molar-refractivity contribution in [2.45, 2.75) is 45.7 Å². The standard InChI is InChI=1S/C12H24N2O2.ClH/c1-8(2)9(3)14-12(15)11(13)10-4-6-16-7-5-10;/h8-11H,4-7,13H2,1-3H3,(H,14,15);1H. The lowest BCUT2D eigenvalue weighted by Crippen LogP contribution is -2.50. The van der Waals surface area contributed by atoms with Crippen LogP contribution in [0, 0.1) is 11.8 Å². The van der Waals surface area contributed by atoms with Crippen LogP contribution in [0.4, 0.5) is 0 Å². The van der Waals surface area contributed by atoms with Crippen LogP contribution in [0.5, 0.6) is 0 Å². The second-order valence-corrected chi connectivity index (χ2v) is 5.02. The highest BCUT2D eigenvalue weighted by Crippen LogP contribution is 2.17. The number of nitrogens with one attached hydrogen (secondary N) is 1. The lowest BCUT2D eigenvalue weighted by Gasteiger charge is -2.28. The summed E-state index contributed by atoms with van der Waals surface area (Å²) in [6.07, 6.45) is 1.79. The minimum absolute atomic E-state index is 0.